The van der Waals surface area contributed by atoms with Crippen LogP contribution in [0, 0.1) is 5.41 Å². The van der Waals surface area contributed by atoms with Crippen LogP contribution >= 0.6 is 0 Å². The summed E-state index contributed by atoms with van der Waals surface area (Å²) in [6, 6.07) is 81.0. The Morgan fingerprint density at radius 2 is 0.800 bits per heavy atom. The van der Waals surface area contributed by atoms with Gasteiger partial charge in [0, 0.05) is 33.5 Å². The Morgan fingerprint density at radius 1 is 0.400 bits per heavy atom. The van der Waals surface area contributed by atoms with Gasteiger partial charge in [0.05, 0.1) is 28.5 Å². The molecule has 0 unspecified atom stereocenters. The van der Waals surface area contributed by atoms with E-state index in [4.69, 9.17) is 15.6 Å². The highest BCUT2D eigenvalue weighted by atomic mass is 15.5. The van der Waals surface area contributed by atoms with Gasteiger partial charge >= 0.3 is 0 Å². The molecule has 1 aliphatic rings. The van der Waals surface area contributed by atoms with Crippen LogP contribution in [0.15, 0.2) is 260 Å². The van der Waals surface area contributed by atoms with Crippen LogP contribution in [0.5, 0.6) is 0 Å². The van der Waals surface area contributed by atoms with E-state index >= 15 is 0 Å². The average Bonchev–Trinajstić information content (AvgIpc) is 3.87. The zero-order chi connectivity index (χ0) is 46.8. The molecule has 1 heterocycles. The highest BCUT2D eigenvalue weighted by Crippen LogP contribution is 2.42. The summed E-state index contributed by atoms with van der Waals surface area (Å²) in [6.07, 6.45) is 7.29. The smallest absolute Gasteiger partial charge is 0.113 e. The lowest BCUT2D eigenvalue weighted by Crippen LogP contribution is -2.12. The van der Waals surface area contributed by atoms with Gasteiger partial charge in [-0.2, -0.15) is 9.90 Å². The first kappa shape index (κ1) is 41.7. The van der Waals surface area contributed by atoms with E-state index in [9.17, 15) is 0 Å². The quantitative estimate of drug-likeness (QED) is 0.0998. The number of nitrogens with zero attached hydrogens (tertiary/aromatic N) is 6. The Labute approximate surface area is 405 Å². The summed E-state index contributed by atoms with van der Waals surface area (Å²) < 4.78 is 0. The fourth-order valence-corrected chi connectivity index (χ4v) is 9.21. The van der Waals surface area contributed by atoms with E-state index in [1.54, 1.807) is 10.9 Å². The SMILES string of the molecule is N=C1C=CC=C/C1=N/Nc1ccc(N(c2ccc(-c3ccc(-c4ccc(N(c5ccc(-n6nc7ccccc7n6)cc5)c5cccc6ccccc56)cc4)cc3)cc2)c2cccc3ccccc23)cc1. The summed E-state index contributed by atoms with van der Waals surface area (Å²) in [5.41, 5.74) is 18.4. The Balaban J connectivity index is 0.816. The summed E-state index contributed by atoms with van der Waals surface area (Å²) in [6.45, 7) is 0. The molecular weight excluding hydrogens is 857 g/mol. The third-order valence-corrected chi connectivity index (χ3v) is 12.8. The van der Waals surface area contributed by atoms with Crippen molar-refractivity contribution < 1.29 is 0 Å². The minimum absolute atomic E-state index is 0.373. The maximum atomic E-state index is 8.17. The van der Waals surface area contributed by atoms with E-state index in [-0.39, 0.29) is 0 Å². The molecule has 0 aliphatic heterocycles. The first-order valence-electron chi connectivity index (χ1n) is 23.3. The second-order valence-electron chi connectivity index (χ2n) is 17.1. The second kappa shape index (κ2) is 18.2. The molecule has 2 N–H and O–H groups in total. The minimum Gasteiger partial charge on any atom is -0.310 e. The van der Waals surface area contributed by atoms with Crippen molar-refractivity contribution in [2.45, 2.75) is 0 Å². The third kappa shape index (κ3) is 8.16. The van der Waals surface area contributed by atoms with Gasteiger partial charge in [-0.25, -0.2) is 0 Å². The second-order valence-corrected chi connectivity index (χ2v) is 17.1. The molecule has 12 rings (SSSR count). The normalized spacial score (nSPS) is 12.8. The predicted molar refractivity (Wildman–Crippen MR) is 291 cm³/mol. The van der Waals surface area contributed by atoms with Gasteiger partial charge in [-0.1, -0.05) is 146 Å². The monoisotopic (exact) mass is 900 g/mol. The largest absolute Gasteiger partial charge is 0.310 e. The average molecular weight is 901 g/mol. The topological polar surface area (TPSA) is 85.4 Å². The molecule has 332 valence electrons. The van der Waals surface area contributed by atoms with Crippen molar-refractivity contribution >= 4 is 83.8 Å². The van der Waals surface area contributed by atoms with Crippen LogP contribution in [0.1, 0.15) is 0 Å². The van der Waals surface area contributed by atoms with E-state index in [1.807, 2.05) is 54.6 Å². The molecule has 0 bridgehead atoms. The molecule has 8 nitrogen and oxygen atoms in total. The fraction of sp³-hybridized carbons (Fsp3) is 0. The zero-order valence-corrected chi connectivity index (χ0v) is 37.9. The summed E-state index contributed by atoms with van der Waals surface area (Å²) >= 11 is 0. The van der Waals surface area contributed by atoms with Crippen LogP contribution in [0.4, 0.5) is 39.8 Å². The zero-order valence-electron chi connectivity index (χ0n) is 37.9. The minimum atomic E-state index is 0.373. The molecule has 0 fully saturated rings. The number of anilines is 7. The Morgan fingerprint density at radius 3 is 1.29 bits per heavy atom. The van der Waals surface area contributed by atoms with Crippen molar-refractivity contribution in [2.75, 3.05) is 15.2 Å². The number of hydrogen-bond donors (Lipinski definition) is 2. The van der Waals surface area contributed by atoms with E-state index in [2.05, 4.69) is 214 Å². The molecule has 0 radical (unpaired) electrons. The molecule has 11 aromatic rings. The van der Waals surface area contributed by atoms with Crippen molar-refractivity contribution in [3.8, 4) is 27.9 Å². The van der Waals surface area contributed by atoms with Crippen molar-refractivity contribution in [3.63, 3.8) is 0 Å². The number of aromatic nitrogens is 3. The van der Waals surface area contributed by atoms with Gasteiger partial charge in [-0.15, -0.1) is 10.2 Å². The summed E-state index contributed by atoms with van der Waals surface area (Å²) in [5, 5.41) is 26.7. The lowest BCUT2D eigenvalue weighted by atomic mass is 9.99. The van der Waals surface area contributed by atoms with Crippen LogP contribution < -0.4 is 15.2 Å². The maximum Gasteiger partial charge on any atom is 0.113 e. The van der Waals surface area contributed by atoms with E-state index in [0.29, 0.717) is 11.4 Å². The summed E-state index contributed by atoms with van der Waals surface area (Å²) in [5.74, 6) is 0. The van der Waals surface area contributed by atoms with E-state index < -0.39 is 0 Å². The highest BCUT2D eigenvalue weighted by Gasteiger charge is 2.18. The molecule has 1 aromatic heterocycles. The molecule has 8 heteroatoms. The van der Waals surface area contributed by atoms with E-state index in [0.717, 1.165) is 84.2 Å². The van der Waals surface area contributed by atoms with Crippen LogP contribution in [0.25, 0.3) is 60.5 Å². The molecule has 0 saturated heterocycles. The van der Waals surface area contributed by atoms with Crippen molar-refractivity contribution in [1.82, 2.24) is 15.0 Å². The molecule has 70 heavy (non-hydrogen) atoms. The summed E-state index contributed by atoms with van der Waals surface area (Å²) in [7, 11) is 0. The van der Waals surface area contributed by atoms with Crippen LogP contribution in [-0.4, -0.2) is 26.4 Å². The van der Waals surface area contributed by atoms with Gasteiger partial charge in [0.25, 0.3) is 0 Å². The molecule has 0 atom stereocenters. The standard InChI is InChI=1S/C62H44N8/c63-57-17-5-6-18-58(57)65-64-49-31-37-52(38-32-49)68(61-21-9-13-47-11-1-3-15-55(47)61)50-33-27-45(28-34-50)43-23-25-44(26-24-43)46-29-35-51(36-30-46)69(62-22-10-14-48-12-2-4-16-56(48)62)53-39-41-54(42-40-53)70-66-59-19-7-8-20-60(59)67-70/h1-42,63-64H/b63-57?,65-58-. The van der Waals surface area contributed by atoms with Gasteiger partial charge in [0.1, 0.15) is 16.7 Å². The van der Waals surface area contributed by atoms with Crippen molar-refractivity contribution in [2.24, 2.45) is 5.10 Å². The first-order chi connectivity index (χ1) is 34.6. The van der Waals surface area contributed by atoms with Crippen molar-refractivity contribution in [1.29, 1.82) is 5.41 Å². The summed E-state index contributed by atoms with van der Waals surface area (Å²) in [4.78, 5) is 6.32. The maximum absolute atomic E-state index is 8.17. The number of rotatable bonds is 11. The van der Waals surface area contributed by atoms with Gasteiger partial charge in [0.2, 0.25) is 0 Å². The molecule has 0 saturated carbocycles. The van der Waals surface area contributed by atoms with Gasteiger partial charge in [-0.05, 0) is 142 Å². The van der Waals surface area contributed by atoms with Crippen LogP contribution in [0.2, 0.25) is 0 Å². The molecule has 1 aliphatic carbocycles. The lowest BCUT2D eigenvalue weighted by Gasteiger charge is -2.27. The third-order valence-electron chi connectivity index (χ3n) is 12.8. The fourth-order valence-electron chi connectivity index (χ4n) is 9.21. The van der Waals surface area contributed by atoms with Crippen LogP contribution in [0.3, 0.4) is 0 Å². The predicted octanol–water partition coefficient (Wildman–Crippen LogP) is 15.9. The first-order valence-corrected chi connectivity index (χ1v) is 23.3. The van der Waals surface area contributed by atoms with E-state index in [1.165, 1.54) is 16.2 Å². The number of fused-ring (bicyclic) bond motifs is 3. The number of nitrogens with one attached hydrogen (secondary N) is 2. The Bertz CT molecular complexity index is 3750. The highest BCUT2D eigenvalue weighted by molar-refractivity contribution is 6.50. The number of benzene rings is 10. The number of hydrazone groups is 1. The van der Waals surface area contributed by atoms with Gasteiger partial charge in [0.15, 0.2) is 0 Å². The number of hydrogen-bond acceptors (Lipinski definition) is 7. The molecule has 10 aromatic carbocycles. The van der Waals surface area contributed by atoms with Gasteiger partial charge < -0.3 is 9.80 Å². The van der Waals surface area contributed by atoms with Gasteiger partial charge in [-0.3, -0.25) is 10.8 Å². The van der Waals surface area contributed by atoms with Crippen LogP contribution in [-0.2, 0) is 0 Å². The lowest BCUT2D eigenvalue weighted by molar-refractivity contribution is 0.766. The van der Waals surface area contributed by atoms with Crippen molar-refractivity contribution in [3.05, 3.63) is 255 Å². The molecule has 0 spiro atoms. The molecular formula is C62H44N8. The molecule has 0 amide bonds. The number of allylic oxidation sites excluding steroid dienone is 4. The Kier molecular flexibility index (Phi) is 10.9. The Hall–Kier alpha value is -9.66.